The van der Waals surface area contributed by atoms with Crippen LogP contribution in [-0.2, 0) is 9.47 Å². The number of hydrogen-bond acceptors (Lipinski definition) is 6. The number of fused-ring (bicyclic) bond motifs is 1. The van der Waals surface area contributed by atoms with Crippen LogP contribution in [-0.4, -0.2) is 54.5 Å². The molecule has 1 N–H and O–H groups in total. The van der Waals surface area contributed by atoms with Gasteiger partial charge in [0.1, 0.15) is 0 Å². The van der Waals surface area contributed by atoms with E-state index in [1.165, 1.54) is 23.1 Å². The predicted octanol–water partition coefficient (Wildman–Crippen LogP) is 2.89. The summed E-state index contributed by atoms with van der Waals surface area (Å²) < 4.78 is 10.5. The predicted molar refractivity (Wildman–Crippen MR) is 111 cm³/mol. The van der Waals surface area contributed by atoms with Gasteiger partial charge in [0.15, 0.2) is 0 Å². The van der Waals surface area contributed by atoms with E-state index in [2.05, 4.69) is 5.32 Å². The Hall–Kier alpha value is -3.52. The number of amides is 3. The highest BCUT2D eigenvalue weighted by Crippen LogP contribution is 2.26. The van der Waals surface area contributed by atoms with Crippen LogP contribution >= 0.6 is 0 Å². The standard InChI is InChI=1S/C23H22N2O6/c1-2-30-23(29)14-5-8-16(9-6-14)24-20(26)15-7-10-18-19(12-15)22(28)25(21(18)27)13-17-4-3-11-31-17/h5-10,12,17H,2-4,11,13H2,1H3,(H,24,26)/t17-/m1/s1. The summed E-state index contributed by atoms with van der Waals surface area (Å²) in [6.07, 6.45) is 1.59. The summed E-state index contributed by atoms with van der Waals surface area (Å²) in [6.45, 7) is 2.87. The molecule has 2 aromatic rings. The van der Waals surface area contributed by atoms with E-state index < -0.39 is 17.8 Å². The highest BCUT2D eigenvalue weighted by Gasteiger charge is 2.37. The second-order valence-electron chi connectivity index (χ2n) is 7.37. The summed E-state index contributed by atoms with van der Waals surface area (Å²) in [4.78, 5) is 50.9. The summed E-state index contributed by atoms with van der Waals surface area (Å²) in [5.74, 6) is -1.64. The van der Waals surface area contributed by atoms with E-state index in [1.54, 1.807) is 31.2 Å². The van der Waals surface area contributed by atoms with Gasteiger partial charge in [0.05, 0.1) is 35.9 Å². The Kier molecular flexibility index (Phi) is 5.81. The third-order valence-corrected chi connectivity index (χ3v) is 5.30. The number of imide groups is 1. The molecule has 1 saturated heterocycles. The van der Waals surface area contributed by atoms with Gasteiger partial charge < -0.3 is 14.8 Å². The van der Waals surface area contributed by atoms with Gasteiger partial charge in [-0.05, 0) is 62.2 Å². The number of anilines is 1. The molecular formula is C23H22N2O6. The van der Waals surface area contributed by atoms with Gasteiger partial charge in [-0.15, -0.1) is 0 Å². The average molecular weight is 422 g/mol. The fourth-order valence-corrected chi connectivity index (χ4v) is 3.70. The molecule has 2 aliphatic rings. The van der Waals surface area contributed by atoms with Crippen LogP contribution in [0.4, 0.5) is 5.69 Å². The molecular weight excluding hydrogens is 400 g/mol. The molecule has 4 rings (SSSR count). The van der Waals surface area contributed by atoms with Gasteiger partial charge in [0, 0.05) is 17.9 Å². The highest BCUT2D eigenvalue weighted by molar-refractivity contribution is 6.22. The Morgan fingerprint density at radius 1 is 1.06 bits per heavy atom. The van der Waals surface area contributed by atoms with Crippen molar-refractivity contribution in [1.29, 1.82) is 0 Å². The Morgan fingerprint density at radius 2 is 1.77 bits per heavy atom. The molecule has 160 valence electrons. The fraction of sp³-hybridized carbons (Fsp3) is 0.304. The molecule has 8 heteroatoms. The molecule has 0 saturated carbocycles. The van der Waals surface area contributed by atoms with Crippen LogP contribution in [0.3, 0.4) is 0 Å². The number of carbonyl (C=O) groups excluding carboxylic acids is 4. The highest BCUT2D eigenvalue weighted by atomic mass is 16.5. The maximum atomic E-state index is 12.8. The maximum Gasteiger partial charge on any atom is 0.338 e. The molecule has 0 radical (unpaired) electrons. The van der Waals surface area contributed by atoms with E-state index in [1.807, 2.05) is 0 Å². The van der Waals surface area contributed by atoms with Gasteiger partial charge in [-0.2, -0.15) is 0 Å². The third kappa shape index (κ3) is 4.20. The van der Waals surface area contributed by atoms with E-state index in [0.29, 0.717) is 23.4 Å². The van der Waals surface area contributed by atoms with Crippen molar-refractivity contribution in [1.82, 2.24) is 4.90 Å². The van der Waals surface area contributed by atoms with Crippen LogP contribution < -0.4 is 5.32 Å². The van der Waals surface area contributed by atoms with Crippen molar-refractivity contribution in [2.45, 2.75) is 25.9 Å². The molecule has 0 unspecified atom stereocenters. The first-order valence-electron chi connectivity index (χ1n) is 10.2. The van der Waals surface area contributed by atoms with Crippen molar-refractivity contribution >= 4 is 29.4 Å². The Labute approximate surface area is 179 Å². The Morgan fingerprint density at radius 3 is 2.45 bits per heavy atom. The molecule has 2 aliphatic heterocycles. The lowest BCUT2D eigenvalue weighted by Crippen LogP contribution is -2.36. The van der Waals surface area contributed by atoms with Crippen molar-refractivity contribution in [3.63, 3.8) is 0 Å². The van der Waals surface area contributed by atoms with Crippen molar-refractivity contribution < 1.29 is 28.7 Å². The lowest BCUT2D eigenvalue weighted by molar-refractivity contribution is 0.0474. The lowest BCUT2D eigenvalue weighted by atomic mass is 10.1. The molecule has 1 fully saturated rings. The molecule has 1 atom stereocenters. The van der Waals surface area contributed by atoms with Crippen molar-refractivity contribution in [3.8, 4) is 0 Å². The Bertz CT molecular complexity index is 1040. The molecule has 31 heavy (non-hydrogen) atoms. The number of ether oxygens (including phenoxy) is 2. The SMILES string of the molecule is CCOC(=O)c1ccc(NC(=O)c2ccc3c(c2)C(=O)N(C[C@H]2CCCO2)C3=O)cc1. The zero-order valence-electron chi connectivity index (χ0n) is 17.1. The topological polar surface area (TPSA) is 102 Å². The average Bonchev–Trinajstić information content (AvgIpc) is 3.37. The zero-order chi connectivity index (χ0) is 22.0. The molecule has 0 aliphatic carbocycles. The summed E-state index contributed by atoms with van der Waals surface area (Å²) >= 11 is 0. The van der Waals surface area contributed by atoms with Crippen molar-refractivity contribution in [3.05, 3.63) is 64.7 Å². The fourth-order valence-electron chi connectivity index (χ4n) is 3.70. The van der Waals surface area contributed by atoms with Crippen LogP contribution in [0.15, 0.2) is 42.5 Å². The van der Waals surface area contributed by atoms with E-state index in [0.717, 1.165) is 12.8 Å². The van der Waals surface area contributed by atoms with Gasteiger partial charge in [0.2, 0.25) is 0 Å². The zero-order valence-corrected chi connectivity index (χ0v) is 17.1. The van der Waals surface area contributed by atoms with E-state index in [-0.39, 0.29) is 36.3 Å². The first-order valence-corrected chi connectivity index (χ1v) is 10.2. The van der Waals surface area contributed by atoms with Crippen molar-refractivity contribution in [2.24, 2.45) is 0 Å². The number of rotatable bonds is 6. The van der Waals surface area contributed by atoms with Crippen LogP contribution in [0, 0.1) is 0 Å². The van der Waals surface area contributed by atoms with Crippen LogP contribution in [0.25, 0.3) is 0 Å². The van der Waals surface area contributed by atoms with E-state index >= 15 is 0 Å². The van der Waals surface area contributed by atoms with Gasteiger partial charge >= 0.3 is 5.97 Å². The largest absolute Gasteiger partial charge is 0.462 e. The minimum absolute atomic E-state index is 0.137. The van der Waals surface area contributed by atoms with Crippen LogP contribution in [0.5, 0.6) is 0 Å². The van der Waals surface area contributed by atoms with Gasteiger partial charge in [-0.25, -0.2) is 4.79 Å². The summed E-state index contributed by atoms with van der Waals surface area (Å²) in [5, 5.41) is 2.72. The number of carbonyl (C=O) groups is 4. The number of hydrogen-bond donors (Lipinski definition) is 1. The minimum Gasteiger partial charge on any atom is -0.462 e. The second kappa shape index (κ2) is 8.69. The molecule has 2 heterocycles. The first kappa shape index (κ1) is 20.7. The first-order chi connectivity index (χ1) is 15.0. The monoisotopic (exact) mass is 422 g/mol. The Balaban J connectivity index is 1.46. The molecule has 3 amide bonds. The quantitative estimate of drug-likeness (QED) is 0.567. The molecule has 0 bridgehead atoms. The normalized spacial score (nSPS) is 17.6. The molecule has 0 spiro atoms. The van der Waals surface area contributed by atoms with Gasteiger partial charge in [-0.3, -0.25) is 19.3 Å². The second-order valence-corrected chi connectivity index (χ2v) is 7.37. The van der Waals surface area contributed by atoms with Crippen LogP contribution in [0.1, 0.15) is 61.2 Å². The van der Waals surface area contributed by atoms with Gasteiger partial charge in [-0.1, -0.05) is 0 Å². The third-order valence-electron chi connectivity index (χ3n) is 5.30. The molecule has 2 aromatic carbocycles. The minimum atomic E-state index is -0.435. The smallest absolute Gasteiger partial charge is 0.338 e. The number of benzene rings is 2. The lowest BCUT2D eigenvalue weighted by Gasteiger charge is -2.17. The van der Waals surface area contributed by atoms with Crippen LogP contribution in [0.2, 0.25) is 0 Å². The number of nitrogens with zero attached hydrogens (tertiary/aromatic N) is 1. The van der Waals surface area contributed by atoms with Gasteiger partial charge in [0.25, 0.3) is 17.7 Å². The summed E-state index contributed by atoms with van der Waals surface area (Å²) in [5.41, 5.74) is 1.63. The molecule has 8 nitrogen and oxygen atoms in total. The van der Waals surface area contributed by atoms with E-state index in [4.69, 9.17) is 9.47 Å². The summed E-state index contributed by atoms with van der Waals surface area (Å²) in [7, 11) is 0. The maximum absolute atomic E-state index is 12.8. The van der Waals surface area contributed by atoms with Crippen molar-refractivity contribution in [2.75, 3.05) is 25.1 Å². The van der Waals surface area contributed by atoms with E-state index in [9.17, 15) is 19.2 Å². The number of esters is 1. The summed E-state index contributed by atoms with van der Waals surface area (Å²) in [6, 6.07) is 10.8. The number of nitrogens with one attached hydrogen (secondary N) is 1. The molecule has 0 aromatic heterocycles.